The van der Waals surface area contributed by atoms with E-state index in [1.165, 1.54) is 10.7 Å². The third-order valence-corrected chi connectivity index (χ3v) is 4.21. The van der Waals surface area contributed by atoms with Crippen molar-refractivity contribution in [1.82, 2.24) is 4.68 Å². The number of para-hydroxylation sites is 1. The zero-order chi connectivity index (χ0) is 12.6. The minimum Gasteiger partial charge on any atom is -0.493 e. The van der Waals surface area contributed by atoms with Gasteiger partial charge in [-0.15, -0.1) is 0 Å². The molecule has 0 aliphatic heterocycles. The Bertz CT molecular complexity index is 644. The lowest BCUT2D eigenvalue weighted by atomic mass is 10.3. The van der Waals surface area contributed by atoms with E-state index in [1.807, 2.05) is 6.07 Å². The summed E-state index contributed by atoms with van der Waals surface area (Å²) >= 11 is 0. The fourth-order valence-corrected chi connectivity index (χ4v) is 2.13. The Balaban J connectivity index is 2.53. The highest BCUT2D eigenvalue weighted by Crippen LogP contribution is 2.23. The van der Waals surface area contributed by atoms with Crippen LogP contribution in [0.4, 0.5) is 0 Å². The van der Waals surface area contributed by atoms with E-state index in [4.69, 9.17) is 0 Å². The van der Waals surface area contributed by atoms with E-state index in [0.717, 1.165) is 5.39 Å². The quantitative estimate of drug-likeness (QED) is 0.874. The van der Waals surface area contributed by atoms with Gasteiger partial charge in [0.2, 0.25) is 15.9 Å². The van der Waals surface area contributed by atoms with Crippen LogP contribution in [0.1, 0.15) is 13.8 Å². The predicted octanol–water partition coefficient (Wildman–Crippen LogP) is 1.63. The Morgan fingerprint density at radius 1 is 1.29 bits per heavy atom. The molecule has 0 atom stereocenters. The number of nitrogens with zero attached hydrogens (tertiary/aromatic N) is 1. The van der Waals surface area contributed by atoms with Crippen molar-refractivity contribution >= 4 is 20.9 Å². The van der Waals surface area contributed by atoms with E-state index in [2.05, 4.69) is 4.83 Å². The van der Waals surface area contributed by atoms with Gasteiger partial charge >= 0.3 is 0 Å². The van der Waals surface area contributed by atoms with E-state index in [1.54, 1.807) is 32.0 Å². The summed E-state index contributed by atoms with van der Waals surface area (Å²) in [4.78, 5) is 2.35. The Kier molecular flexibility index (Phi) is 2.74. The standard InChI is InChI=1S/C11H14N2O3S/c1-8(2)17(15,16)12-13-10-6-4-3-5-9(10)7-11(13)14/h3-8,12,14H,1-2H3. The van der Waals surface area contributed by atoms with Crippen molar-refractivity contribution < 1.29 is 13.5 Å². The number of aromatic hydroxyl groups is 1. The van der Waals surface area contributed by atoms with E-state index in [0.29, 0.717) is 5.52 Å². The molecule has 0 radical (unpaired) electrons. The zero-order valence-corrected chi connectivity index (χ0v) is 10.4. The lowest BCUT2D eigenvalue weighted by molar-refractivity contribution is 0.439. The van der Waals surface area contributed by atoms with E-state index >= 15 is 0 Å². The summed E-state index contributed by atoms with van der Waals surface area (Å²) in [6.07, 6.45) is 0. The van der Waals surface area contributed by atoms with Crippen LogP contribution in [0, 0.1) is 0 Å². The molecule has 0 aliphatic rings. The lowest BCUT2D eigenvalue weighted by Gasteiger charge is -2.13. The van der Waals surface area contributed by atoms with Crippen LogP contribution in [-0.4, -0.2) is 23.5 Å². The van der Waals surface area contributed by atoms with Crippen LogP contribution < -0.4 is 4.83 Å². The molecule has 1 aromatic carbocycles. The molecule has 0 amide bonds. The minimum absolute atomic E-state index is 0.129. The smallest absolute Gasteiger partial charge is 0.248 e. The first kappa shape index (κ1) is 11.8. The number of sulfonamides is 1. The number of hydrogen-bond acceptors (Lipinski definition) is 3. The van der Waals surface area contributed by atoms with Crippen LogP contribution in [0.25, 0.3) is 10.9 Å². The monoisotopic (exact) mass is 254 g/mol. The van der Waals surface area contributed by atoms with Crippen molar-refractivity contribution in [2.75, 3.05) is 4.83 Å². The molecule has 1 aromatic heterocycles. The van der Waals surface area contributed by atoms with Gasteiger partial charge in [0.25, 0.3) is 0 Å². The molecule has 2 N–H and O–H groups in total. The highest BCUT2D eigenvalue weighted by molar-refractivity contribution is 7.92. The predicted molar refractivity (Wildman–Crippen MR) is 67.0 cm³/mol. The normalized spacial score (nSPS) is 12.2. The van der Waals surface area contributed by atoms with Crippen molar-refractivity contribution in [2.45, 2.75) is 19.1 Å². The SMILES string of the molecule is CC(C)S(=O)(=O)Nn1c(O)cc2ccccc21. The number of hydrogen-bond donors (Lipinski definition) is 2. The van der Waals surface area contributed by atoms with Gasteiger partial charge in [0.1, 0.15) is 0 Å². The second kappa shape index (κ2) is 3.96. The van der Waals surface area contributed by atoms with E-state index < -0.39 is 15.3 Å². The van der Waals surface area contributed by atoms with Crippen molar-refractivity contribution in [3.05, 3.63) is 30.3 Å². The van der Waals surface area contributed by atoms with Crippen LogP contribution in [0.3, 0.4) is 0 Å². The fourth-order valence-electron chi connectivity index (χ4n) is 1.47. The van der Waals surface area contributed by atoms with E-state index in [9.17, 15) is 13.5 Å². The second-order valence-corrected chi connectivity index (χ2v) is 6.30. The van der Waals surface area contributed by atoms with Crippen molar-refractivity contribution in [1.29, 1.82) is 0 Å². The average Bonchev–Trinajstić information content (AvgIpc) is 2.55. The maximum Gasteiger partial charge on any atom is 0.248 e. The molecule has 92 valence electrons. The number of fused-ring (bicyclic) bond motifs is 1. The molecule has 5 nitrogen and oxygen atoms in total. The van der Waals surface area contributed by atoms with Crippen molar-refractivity contribution in [3.8, 4) is 5.88 Å². The number of rotatable bonds is 3. The fraction of sp³-hybridized carbons (Fsp3) is 0.273. The van der Waals surface area contributed by atoms with Gasteiger partial charge in [0, 0.05) is 11.5 Å². The van der Waals surface area contributed by atoms with Gasteiger partial charge in [-0.2, -0.15) is 0 Å². The third kappa shape index (κ3) is 2.08. The lowest BCUT2D eigenvalue weighted by Crippen LogP contribution is -2.29. The molecule has 0 saturated carbocycles. The summed E-state index contributed by atoms with van der Waals surface area (Å²) in [5.41, 5.74) is 0.620. The van der Waals surface area contributed by atoms with Crippen LogP contribution in [0.5, 0.6) is 5.88 Å². The van der Waals surface area contributed by atoms with Gasteiger partial charge in [-0.3, -0.25) is 0 Å². The highest BCUT2D eigenvalue weighted by atomic mass is 32.2. The molecule has 2 aromatic rings. The molecular weight excluding hydrogens is 240 g/mol. The van der Waals surface area contributed by atoms with Crippen LogP contribution in [-0.2, 0) is 10.0 Å². The maximum absolute atomic E-state index is 11.8. The summed E-state index contributed by atoms with van der Waals surface area (Å²) in [6.45, 7) is 3.15. The molecule has 0 bridgehead atoms. The Morgan fingerprint density at radius 3 is 2.59 bits per heavy atom. The Morgan fingerprint density at radius 2 is 1.94 bits per heavy atom. The third-order valence-electron chi connectivity index (χ3n) is 2.53. The van der Waals surface area contributed by atoms with Crippen LogP contribution >= 0.6 is 0 Å². The molecule has 17 heavy (non-hydrogen) atoms. The molecule has 0 saturated heterocycles. The van der Waals surface area contributed by atoms with Gasteiger partial charge in [-0.25, -0.2) is 17.9 Å². The molecule has 1 heterocycles. The van der Waals surface area contributed by atoms with Gasteiger partial charge in [-0.05, 0) is 19.9 Å². The average molecular weight is 254 g/mol. The minimum atomic E-state index is -3.48. The number of nitrogens with one attached hydrogen (secondary N) is 1. The van der Waals surface area contributed by atoms with Gasteiger partial charge in [-0.1, -0.05) is 18.2 Å². The molecule has 0 aliphatic carbocycles. The summed E-state index contributed by atoms with van der Waals surface area (Å²) in [6, 6.07) is 8.65. The largest absolute Gasteiger partial charge is 0.493 e. The zero-order valence-electron chi connectivity index (χ0n) is 9.58. The topological polar surface area (TPSA) is 71.3 Å². The molecule has 6 heteroatoms. The van der Waals surface area contributed by atoms with Crippen LogP contribution in [0.2, 0.25) is 0 Å². The highest BCUT2D eigenvalue weighted by Gasteiger charge is 2.18. The first-order valence-corrected chi connectivity index (χ1v) is 6.77. The molecule has 0 spiro atoms. The summed E-state index contributed by atoms with van der Waals surface area (Å²) in [5.74, 6) is -0.129. The molecular formula is C11H14N2O3S. The van der Waals surface area contributed by atoms with Crippen molar-refractivity contribution in [2.24, 2.45) is 0 Å². The molecule has 0 fully saturated rings. The number of benzene rings is 1. The Hall–Kier alpha value is -1.69. The van der Waals surface area contributed by atoms with Gasteiger partial charge < -0.3 is 5.11 Å². The molecule has 2 rings (SSSR count). The van der Waals surface area contributed by atoms with Crippen LogP contribution in [0.15, 0.2) is 30.3 Å². The van der Waals surface area contributed by atoms with E-state index in [-0.39, 0.29) is 5.88 Å². The molecule has 0 unspecified atom stereocenters. The van der Waals surface area contributed by atoms with Crippen molar-refractivity contribution in [3.63, 3.8) is 0 Å². The summed E-state index contributed by atoms with van der Waals surface area (Å²) < 4.78 is 24.7. The number of aromatic nitrogens is 1. The van der Waals surface area contributed by atoms with Gasteiger partial charge in [0.05, 0.1) is 10.8 Å². The second-order valence-electron chi connectivity index (χ2n) is 4.08. The maximum atomic E-state index is 11.8. The Labute approximate surface area is 99.7 Å². The first-order chi connectivity index (χ1) is 7.92. The summed E-state index contributed by atoms with van der Waals surface area (Å²) in [5, 5.41) is 9.92. The first-order valence-electron chi connectivity index (χ1n) is 5.23. The summed E-state index contributed by atoms with van der Waals surface area (Å²) in [7, 11) is -3.48. The van der Waals surface area contributed by atoms with Gasteiger partial charge in [0.15, 0.2) is 0 Å².